The van der Waals surface area contributed by atoms with Gasteiger partial charge in [-0.3, -0.25) is 4.79 Å². The standard InChI is InChI=1S/C21H16ClN3OS/c22-16-9-3-4-10-17(16)23-20(26)15-8-2-1-7-14(15)13-27-21-24-18-11-5-6-12-19(18)25-21/h1-12H,13H2,(H,23,26)(H,24,25). The van der Waals surface area contributed by atoms with Crippen LogP contribution in [0.5, 0.6) is 0 Å². The number of halogens is 1. The molecule has 134 valence electrons. The minimum Gasteiger partial charge on any atom is -0.333 e. The number of imidazole rings is 1. The van der Waals surface area contributed by atoms with E-state index >= 15 is 0 Å². The Kier molecular flexibility index (Phi) is 5.14. The molecule has 0 spiro atoms. The SMILES string of the molecule is O=C(Nc1ccccc1Cl)c1ccccc1CSc1nc2ccccc2[nH]1. The molecule has 0 aliphatic carbocycles. The lowest BCUT2D eigenvalue weighted by atomic mass is 10.1. The second kappa shape index (κ2) is 7.86. The summed E-state index contributed by atoms with van der Waals surface area (Å²) < 4.78 is 0. The highest BCUT2D eigenvalue weighted by Crippen LogP contribution is 2.26. The van der Waals surface area contributed by atoms with Crippen molar-refractivity contribution in [2.24, 2.45) is 0 Å². The number of para-hydroxylation sites is 3. The molecule has 0 aliphatic heterocycles. The molecule has 0 fully saturated rings. The Balaban J connectivity index is 1.52. The molecular weight excluding hydrogens is 378 g/mol. The van der Waals surface area contributed by atoms with Crippen LogP contribution in [0.2, 0.25) is 5.02 Å². The van der Waals surface area contributed by atoms with Crippen molar-refractivity contribution in [3.05, 3.63) is 88.9 Å². The minimum absolute atomic E-state index is 0.177. The molecule has 6 heteroatoms. The summed E-state index contributed by atoms with van der Waals surface area (Å²) in [5, 5.41) is 4.23. The Morgan fingerprint density at radius 3 is 2.59 bits per heavy atom. The van der Waals surface area contributed by atoms with Crippen molar-refractivity contribution in [1.29, 1.82) is 0 Å². The number of aromatic nitrogens is 2. The number of thioether (sulfide) groups is 1. The van der Waals surface area contributed by atoms with Crippen molar-refractivity contribution in [3.63, 3.8) is 0 Å². The molecule has 1 aromatic heterocycles. The number of hydrogen-bond donors (Lipinski definition) is 2. The molecule has 0 saturated carbocycles. The Morgan fingerprint density at radius 1 is 1.00 bits per heavy atom. The first-order valence-corrected chi connectivity index (χ1v) is 9.78. The Labute approximate surface area is 166 Å². The summed E-state index contributed by atoms with van der Waals surface area (Å²) in [6.07, 6.45) is 0. The molecule has 0 saturated heterocycles. The summed E-state index contributed by atoms with van der Waals surface area (Å²) in [7, 11) is 0. The van der Waals surface area contributed by atoms with Gasteiger partial charge in [-0.15, -0.1) is 0 Å². The quantitative estimate of drug-likeness (QED) is 0.424. The lowest BCUT2D eigenvalue weighted by Crippen LogP contribution is -2.14. The van der Waals surface area contributed by atoms with E-state index in [9.17, 15) is 4.79 Å². The van der Waals surface area contributed by atoms with Gasteiger partial charge in [0.1, 0.15) is 0 Å². The normalized spacial score (nSPS) is 10.9. The summed E-state index contributed by atoms with van der Waals surface area (Å²) in [4.78, 5) is 20.6. The van der Waals surface area contributed by atoms with Gasteiger partial charge in [0, 0.05) is 11.3 Å². The van der Waals surface area contributed by atoms with Gasteiger partial charge in [-0.2, -0.15) is 0 Å². The topological polar surface area (TPSA) is 57.8 Å². The zero-order valence-electron chi connectivity index (χ0n) is 14.3. The third-order valence-corrected chi connectivity index (χ3v) is 5.37. The molecule has 0 radical (unpaired) electrons. The van der Waals surface area contributed by atoms with Crippen LogP contribution in [0.15, 0.2) is 78.0 Å². The van der Waals surface area contributed by atoms with Crippen LogP contribution in [-0.4, -0.2) is 15.9 Å². The van der Waals surface area contributed by atoms with Crippen LogP contribution >= 0.6 is 23.4 Å². The van der Waals surface area contributed by atoms with Gasteiger partial charge in [0.05, 0.1) is 21.7 Å². The van der Waals surface area contributed by atoms with E-state index in [2.05, 4.69) is 15.3 Å². The van der Waals surface area contributed by atoms with Crippen molar-refractivity contribution in [1.82, 2.24) is 9.97 Å². The maximum atomic E-state index is 12.7. The Morgan fingerprint density at radius 2 is 1.74 bits per heavy atom. The average molecular weight is 394 g/mol. The molecule has 1 amide bonds. The lowest BCUT2D eigenvalue weighted by molar-refractivity contribution is 0.102. The van der Waals surface area contributed by atoms with Crippen molar-refractivity contribution in [2.45, 2.75) is 10.9 Å². The zero-order chi connectivity index (χ0) is 18.6. The molecule has 0 bridgehead atoms. The molecule has 0 atom stereocenters. The Hall–Kier alpha value is -2.76. The van der Waals surface area contributed by atoms with Gasteiger partial charge in [0.15, 0.2) is 5.16 Å². The highest BCUT2D eigenvalue weighted by Gasteiger charge is 2.13. The summed E-state index contributed by atoms with van der Waals surface area (Å²) in [6, 6.07) is 22.7. The van der Waals surface area contributed by atoms with Crippen molar-refractivity contribution >= 4 is 46.0 Å². The largest absolute Gasteiger partial charge is 0.333 e. The van der Waals surface area contributed by atoms with Gasteiger partial charge in [-0.1, -0.05) is 65.8 Å². The molecule has 1 heterocycles. The number of aromatic amines is 1. The summed E-state index contributed by atoms with van der Waals surface area (Å²) in [6.45, 7) is 0. The maximum absolute atomic E-state index is 12.7. The summed E-state index contributed by atoms with van der Waals surface area (Å²) >= 11 is 7.71. The second-order valence-corrected chi connectivity index (χ2v) is 7.31. The number of anilines is 1. The van der Waals surface area contributed by atoms with Gasteiger partial charge >= 0.3 is 0 Å². The van der Waals surface area contributed by atoms with E-state index in [1.807, 2.05) is 60.7 Å². The van der Waals surface area contributed by atoms with Crippen LogP contribution in [0.1, 0.15) is 15.9 Å². The number of amides is 1. The number of carbonyl (C=O) groups is 1. The molecule has 2 N–H and O–H groups in total. The fraction of sp³-hybridized carbons (Fsp3) is 0.0476. The first-order chi connectivity index (χ1) is 13.2. The van der Waals surface area contributed by atoms with Gasteiger partial charge in [0.25, 0.3) is 5.91 Å². The Bertz CT molecular complexity index is 1080. The summed E-state index contributed by atoms with van der Waals surface area (Å²) in [5.41, 5.74) is 4.10. The first-order valence-electron chi connectivity index (χ1n) is 8.42. The summed E-state index contributed by atoms with van der Waals surface area (Å²) in [5.74, 6) is 0.454. The molecule has 0 unspecified atom stereocenters. The number of nitrogens with one attached hydrogen (secondary N) is 2. The molecule has 27 heavy (non-hydrogen) atoms. The third-order valence-electron chi connectivity index (χ3n) is 4.12. The number of carbonyl (C=O) groups excluding carboxylic acids is 1. The van der Waals surface area contributed by atoms with E-state index < -0.39 is 0 Å². The van der Waals surface area contributed by atoms with Crippen LogP contribution in [0, 0.1) is 0 Å². The number of rotatable bonds is 5. The van der Waals surface area contributed by atoms with Crippen molar-refractivity contribution in [2.75, 3.05) is 5.32 Å². The van der Waals surface area contributed by atoms with Crippen LogP contribution in [0.4, 0.5) is 5.69 Å². The minimum atomic E-state index is -0.177. The van der Waals surface area contributed by atoms with Gasteiger partial charge in [-0.05, 0) is 35.9 Å². The fourth-order valence-electron chi connectivity index (χ4n) is 2.76. The molecule has 3 aromatic carbocycles. The number of hydrogen-bond acceptors (Lipinski definition) is 3. The highest BCUT2D eigenvalue weighted by atomic mass is 35.5. The predicted molar refractivity (Wildman–Crippen MR) is 112 cm³/mol. The van der Waals surface area contributed by atoms with Crippen LogP contribution < -0.4 is 5.32 Å². The predicted octanol–water partition coefficient (Wildman–Crippen LogP) is 5.76. The van der Waals surface area contributed by atoms with E-state index in [0.717, 1.165) is 21.8 Å². The van der Waals surface area contributed by atoms with E-state index in [0.29, 0.717) is 22.0 Å². The number of fused-ring (bicyclic) bond motifs is 1. The fourth-order valence-corrected chi connectivity index (χ4v) is 3.84. The highest BCUT2D eigenvalue weighted by molar-refractivity contribution is 7.98. The monoisotopic (exact) mass is 393 g/mol. The van der Waals surface area contributed by atoms with E-state index in [1.165, 1.54) is 0 Å². The number of nitrogens with zero attached hydrogens (tertiary/aromatic N) is 1. The van der Waals surface area contributed by atoms with Crippen molar-refractivity contribution < 1.29 is 4.79 Å². The third kappa shape index (κ3) is 3.99. The smallest absolute Gasteiger partial charge is 0.256 e. The zero-order valence-corrected chi connectivity index (χ0v) is 15.8. The van der Waals surface area contributed by atoms with E-state index in [4.69, 9.17) is 11.6 Å². The first kappa shape index (κ1) is 17.6. The van der Waals surface area contributed by atoms with Gasteiger partial charge < -0.3 is 10.3 Å². The lowest BCUT2D eigenvalue weighted by Gasteiger charge is -2.10. The van der Waals surface area contributed by atoms with Gasteiger partial charge in [0.2, 0.25) is 0 Å². The van der Waals surface area contributed by atoms with E-state index in [1.54, 1.807) is 23.9 Å². The molecule has 4 aromatic rings. The average Bonchev–Trinajstić information content (AvgIpc) is 3.11. The van der Waals surface area contributed by atoms with Gasteiger partial charge in [-0.25, -0.2) is 4.98 Å². The maximum Gasteiger partial charge on any atom is 0.256 e. The van der Waals surface area contributed by atoms with Crippen molar-refractivity contribution in [3.8, 4) is 0 Å². The van der Waals surface area contributed by atoms with Crippen LogP contribution in [0.25, 0.3) is 11.0 Å². The molecule has 4 nitrogen and oxygen atoms in total. The molecule has 0 aliphatic rings. The van der Waals surface area contributed by atoms with Crippen LogP contribution in [0.3, 0.4) is 0 Å². The number of benzene rings is 3. The van der Waals surface area contributed by atoms with E-state index in [-0.39, 0.29) is 5.91 Å². The molecular formula is C21H16ClN3OS. The number of H-pyrrole nitrogens is 1. The molecule has 4 rings (SSSR count). The second-order valence-electron chi connectivity index (χ2n) is 5.94. The van der Waals surface area contributed by atoms with Crippen LogP contribution in [-0.2, 0) is 5.75 Å².